The molecule has 2 heterocycles. The van der Waals surface area contributed by atoms with Crippen molar-refractivity contribution in [3.63, 3.8) is 0 Å². The van der Waals surface area contributed by atoms with Gasteiger partial charge in [-0.1, -0.05) is 6.07 Å². The third-order valence-electron chi connectivity index (χ3n) is 4.23. The van der Waals surface area contributed by atoms with E-state index in [1.54, 1.807) is 25.6 Å². The maximum absolute atomic E-state index is 12.3. The highest BCUT2D eigenvalue weighted by atomic mass is 16.5. The van der Waals surface area contributed by atoms with Gasteiger partial charge in [0.15, 0.2) is 0 Å². The number of nitrogens with zero attached hydrogens (tertiary/aromatic N) is 3. The smallest absolute Gasteiger partial charge is 0.266 e. The molecule has 0 atom stereocenters. The van der Waals surface area contributed by atoms with E-state index >= 15 is 0 Å². The normalized spacial score (nSPS) is 10.5. The monoisotopic (exact) mass is 378 g/mol. The largest absolute Gasteiger partial charge is 0.495 e. The van der Waals surface area contributed by atoms with Crippen LogP contribution in [-0.2, 0) is 11.3 Å². The van der Waals surface area contributed by atoms with Crippen LogP contribution in [0, 0.1) is 6.92 Å². The molecule has 2 aromatic heterocycles. The Bertz CT molecular complexity index is 1020. The molecule has 0 saturated carbocycles. The summed E-state index contributed by atoms with van der Waals surface area (Å²) < 4.78 is 6.65. The Balaban J connectivity index is 1.61. The van der Waals surface area contributed by atoms with Crippen LogP contribution in [0.4, 0.5) is 5.69 Å². The zero-order valence-electron chi connectivity index (χ0n) is 15.9. The molecule has 1 aromatic carbocycles. The minimum Gasteiger partial charge on any atom is -0.495 e. The first-order chi connectivity index (χ1) is 13.6. The fourth-order valence-corrected chi connectivity index (χ4v) is 2.80. The quantitative estimate of drug-likeness (QED) is 0.683. The predicted octanol–water partition coefficient (Wildman–Crippen LogP) is 3.04. The standard InChI is InChI=1S/C21H22N4O3/c1-15-7-9-19(28-2)18(13-15)23-20(26)6-4-12-25-21(27)10-8-17(24-25)16-5-3-11-22-14-16/h3,5,7-11,13-14H,4,6,12H2,1-2H3,(H,23,26). The molecule has 0 fully saturated rings. The number of amides is 1. The number of hydrogen-bond acceptors (Lipinski definition) is 5. The van der Waals surface area contributed by atoms with Gasteiger partial charge in [0.2, 0.25) is 5.91 Å². The van der Waals surface area contributed by atoms with Gasteiger partial charge in [0.25, 0.3) is 5.56 Å². The summed E-state index contributed by atoms with van der Waals surface area (Å²) in [7, 11) is 1.56. The van der Waals surface area contributed by atoms with Gasteiger partial charge < -0.3 is 10.1 Å². The zero-order valence-corrected chi connectivity index (χ0v) is 15.9. The van der Waals surface area contributed by atoms with Crippen molar-refractivity contribution in [2.45, 2.75) is 26.3 Å². The van der Waals surface area contributed by atoms with Crippen molar-refractivity contribution >= 4 is 11.6 Å². The number of carbonyl (C=O) groups excluding carboxylic acids is 1. The van der Waals surface area contributed by atoms with Crippen LogP contribution in [0.5, 0.6) is 5.75 Å². The van der Waals surface area contributed by atoms with Crippen LogP contribution in [0.1, 0.15) is 18.4 Å². The highest BCUT2D eigenvalue weighted by Gasteiger charge is 2.09. The van der Waals surface area contributed by atoms with Gasteiger partial charge in [-0.15, -0.1) is 0 Å². The van der Waals surface area contributed by atoms with Crippen LogP contribution in [0.3, 0.4) is 0 Å². The van der Waals surface area contributed by atoms with E-state index in [2.05, 4.69) is 15.4 Å². The summed E-state index contributed by atoms with van der Waals surface area (Å²) in [4.78, 5) is 28.4. The molecule has 1 N–H and O–H groups in total. The molecular weight excluding hydrogens is 356 g/mol. The molecule has 0 saturated heterocycles. The van der Waals surface area contributed by atoms with Gasteiger partial charge in [-0.2, -0.15) is 5.10 Å². The summed E-state index contributed by atoms with van der Waals surface area (Å²) in [6, 6.07) is 12.4. The van der Waals surface area contributed by atoms with Crippen LogP contribution in [0.15, 0.2) is 59.7 Å². The maximum Gasteiger partial charge on any atom is 0.266 e. The molecule has 0 spiro atoms. The molecular formula is C21H22N4O3. The number of methoxy groups -OCH3 is 1. The fraction of sp³-hybridized carbons (Fsp3) is 0.238. The lowest BCUT2D eigenvalue weighted by Gasteiger charge is -2.11. The molecule has 0 unspecified atom stereocenters. The number of pyridine rings is 1. The topological polar surface area (TPSA) is 86.1 Å². The number of ether oxygens (including phenoxy) is 1. The van der Waals surface area contributed by atoms with Crippen molar-refractivity contribution in [1.29, 1.82) is 0 Å². The highest BCUT2D eigenvalue weighted by Crippen LogP contribution is 2.25. The molecule has 0 aliphatic heterocycles. The number of hydrogen-bond donors (Lipinski definition) is 1. The van der Waals surface area contributed by atoms with Crippen molar-refractivity contribution in [3.05, 3.63) is 70.8 Å². The van der Waals surface area contributed by atoms with Crippen molar-refractivity contribution in [1.82, 2.24) is 14.8 Å². The summed E-state index contributed by atoms with van der Waals surface area (Å²) in [5, 5.41) is 7.24. The number of aryl methyl sites for hydroxylation is 2. The van der Waals surface area contributed by atoms with Gasteiger partial charge in [-0.3, -0.25) is 14.6 Å². The van der Waals surface area contributed by atoms with E-state index in [0.29, 0.717) is 30.1 Å². The first kappa shape index (κ1) is 19.3. The van der Waals surface area contributed by atoms with Gasteiger partial charge in [0.1, 0.15) is 5.75 Å². The lowest BCUT2D eigenvalue weighted by atomic mass is 10.2. The van der Waals surface area contributed by atoms with E-state index in [-0.39, 0.29) is 17.9 Å². The Morgan fingerprint density at radius 2 is 2.07 bits per heavy atom. The lowest BCUT2D eigenvalue weighted by Crippen LogP contribution is -2.23. The van der Waals surface area contributed by atoms with Crippen molar-refractivity contribution in [2.24, 2.45) is 0 Å². The van der Waals surface area contributed by atoms with Gasteiger partial charge >= 0.3 is 0 Å². The van der Waals surface area contributed by atoms with E-state index in [0.717, 1.165) is 11.1 Å². The number of rotatable bonds is 7. The van der Waals surface area contributed by atoms with E-state index in [1.165, 1.54) is 10.7 Å². The van der Waals surface area contributed by atoms with Gasteiger partial charge in [-0.25, -0.2) is 4.68 Å². The molecule has 7 heteroatoms. The number of nitrogens with one attached hydrogen (secondary N) is 1. The molecule has 1 amide bonds. The Morgan fingerprint density at radius 3 is 2.82 bits per heavy atom. The van der Waals surface area contributed by atoms with Crippen LogP contribution < -0.4 is 15.6 Å². The van der Waals surface area contributed by atoms with Gasteiger partial charge in [0.05, 0.1) is 18.5 Å². The zero-order chi connectivity index (χ0) is 19.9. The van der Waals surface area contributed by atoms with Gasteiger partial charge in [-0.05, 0) is 49.2 Å². The van der Waals surface area contributed by atoms with Crippen molar-refractivity contribution < 1.29 is 9.53 Å². The summed E-state index contributed by atoms with van der Waals surface area (Å²) in [5.41, 5.74) is 2.97. The molecule has 0 radical (unpaired) electrons. The Morgan fingerprint density at radius 1 is 1.21 bits per heavy atom. The Hall–Kier alpha value is -3.48. The third kappa shape index (κ3) is 4.82. The summed E-state index contributed by atoms with van der Waals surface area (Å²) in [6.45, 7) is 2.30. The molecule has 28 heavy (non-hydrogen) atoms. The Kier molecular flexibility index (Phi) is 6.16. The average molecular weight is 378 g/mol. The fourth-order valence-electron chi connectivity index (χ4n) is 2.80. The number of anilines is 1. The molecule has 144 valence electrons. The first-order valence-corrected chi connectivity index (χ1v) is 9.00. The van der Waals surface area contributed by atoms with E-state index in [1.807, 2.05) is 37.3 Å². The summed E-state index contributed by atoms with van der Waals surface area (Å²) in [6.07, 6.45) is 4.13. The van der Waals surface area contributed by atoms with E-state index in [9.17, 15) is 9.59 Å². The number of benzene rings is 1. The second-order valence-corrected chi connectivity index (χ2v) is 6.38. The summed E-state index contributed by atoms with van der Waals surface area (Å²) in [5.74, 6) is 0.473. The number of carbonyl (C=O) groups is 1. The SMILES string of the molecule is COc1ccc(C)cc1NC(=O)CCCn1nc(-c2cccnc2)ccc1=O. The predicted molar refractivity (Wildman–Crippen MR) is 107 cm³/mol. The van der Waals surface area contributed by atoms with E-state index < -0.39 is 0 Å². The minimum absolute atomic E-state index is 0.139. The lowest BCUT2D eigenvalue weighted by molar-refractivity contribution is -0.116. The molecule has 0 bridgehead atoms. The van der Waals surface area contributed by atoms with Gasteiger partial charge in [0, 0.05) is 37.0 Å². The molecule has 7 nitrogen and oxygen atoms in total. The first-order valence-electron chi connectivity index (χ1n) is 9.00. The maximum atomic E-state index is 12.3. The van der Waals surface area contributed by atoms with Crippen molar-refractivity contribution in [2.75, 3.05) is 12.4 Å². The van der Waals surface area contributed by atoms with E-state index in [4.69, 9.17) is 4.74 Å². The van der Waals surface area contributed by atoms with Crippen LogP contribution >= 0.6 is 0 Å². The van der Waals surface area contributed by atoms with Crippen LogP contribution in [0.2, 0.25) is 0 Å². The molecule has 3 rings (SSSR count). The Labute approximate surface area is 163 Å². The van der Waals surface area contributed by atoms with Crippen LogP contribution in [-0.4, -0.2) is 27.8 Å². The molecule has 3 aromatic rings. The van der Waals surface area contributed by atoms with Crippen molar-refractivity contribution in [3.8, 4) is 17.0 Å². The number of aromatic nitrogens is 3. The average Bonchev–Trinajstić information content (AvgIpc) is 2.70. The van der Waals surface area contributed by atoms with Crippen LogP contribution in [0.25, 0.3) is 11.3 Å². The summed E-state index contributed by atoms with van der Waals surface area (Å²) >= 11 is 0. The minimum atomic E-state index is -0.201. The second-order valence-electron chi connectivity index (χ2n) is 6.38. The molecule has 0 aliphatic rings. The second kappa shape index (κ2) is 8.94. The third-order valence-corrected chi connectivity index (χ3v) is 4.23. The molecule has 0 aliphatic carbocycles. The highest BCUT2D eigenvalue weighted by molar-refractivity contribution is 5.92.